The summed E-state index contributed by atoms with van der Waals surface area (Å²) in [5, 5.41) is 7.63. The van der Waals surface area contributed by atoms with Crippen molar-refractivity contribution in [3.05, 3.63) is 70.7 Å². The smallest absolute Gasteiger partial charge is 0.287 e. The highest BCUT2D eigenvalue weighted by Crippen LogP contribution is 2.23. The Kier molecular flexibility index (Phi) is 4.53. The van der Waals surface area contributed by atoms with Gasteiger partial charge in [-0.3, -0.25) is 4.79 Å². The Morgan fingerprint density at radius 2 is 1.96 bits per heavy atom. The third-order valence-corrected chi connectivity index (χ3v) is 4.32. The number of hydrogen-bond donors (Lipinski definition) is 1. The summed E-state index contributed by atoms with van der Waals surface area (Å²) in [6.45, 7) is 0.371. The van der Waals surface area contributed by atoms with E-state index in [2.05, 4.69) is 31.4 Å². The first-order valence-corrected chi connectivity index (χ1v) is 8.84. The number of aromatic nitrogens is 2. The van der Waals surface area contributed by atoms with E-state index in [4.69, 9.17) is 8.94 Å². The number of amides is 1. The fraction of sp³-hybridized carbons (Fsp3) is 0.105. The molecule has 4 aromatic rings. The van der Waals surface area contributed by atoms with Gasteiger partial charge in [0.25, 0.3) is 5.91 Å². The standard InChI is InChI=1S/C19H14BrN3O3/c20-14-6-7-15-13(10-14)11-16(25-15)19(24)21-9-8-17-22-18(23-26-17)12-4-2-1-3-5-12/h1-7,10-11H,8-9H2,(H,21,24). The molecule has 1 N–H and O–H groups in total. The summed E-state index contributed by atoms with van der Waals surface area (Å²) in [5.41, 5.74) is 1.56. The number of furan rings is 1. The lowest BCUT2D eigenvalue weighted by molar-refractivity contribution is 0.0928. The van der Waals surface area contributed by atoms with Crippen LogP contribution in [0, 0.1) is 0 Å². The van der Waals surface area contributed by atoms with Crippen molar-refractivity contribution in [2.75, 3.05) is 6.54 Å². The van der Waals surface area contributed by atoms with Crippen LogP contribution in [0.5, 0.6) is 0 Å². The molecule has 0 atom stereocenters. The molecule has 0 aliphatic rings. The summed E-state index contributed by atoms with van der Waals surface area (Å²) >= 11 is 3.40. The average Bonchev–Trinajstić information content (AvgIpc) is 3.29. The van der Waals surface area contributed by atoms with E-state index in [1.165, 1.54) is 0 Å². The molecule has 2 aromatic carbocycles. The first-order chi connectivity index (χ1) is 12.7. The summed E-state index contributed by atoms with van der Waals surface area (Å²) in [6.07, 6.45) is 0.442. The van der Waals surface area contributed by atoms with E-state index in [9.17, 15) is 4.79 Å². The Labute approximate surface area is 157 Å². The monoisotopic (exact) mass is 411 g/mol. The number of carbonyl (C=O) groups excluding carboxylic acids is 1. The van der Waals surface area contributed by atoms with Crippen LogP contribution >= 0.6 is 15.9 Å². The average molecular weight is 412 g/mol. The van der Waals surface area contributed by atoms with Gasteiger partial charge < -0.3 is 14.3 Å². The van der Waals surface area contributed by atoms with Crippen molar-refractivity contribution in [1.82, 2.24) is 15.5 Å². The molecule has 4 rings (SSSR count). The number of benzene rings is 2. The molecular weight excluding hydrogens is 398 g/mol. The normalized spacial score (nSPS) is 11.0. The van der Waals surface area contributed by atoms with E-state index < -0.39 is 0 Å². The van der Waals surface area contributed by atoms with Gasteiger partial charge in [-0.1, -0.05) is 51.4 Å². The van der Waals surface area contributed by atoms with Crippen LogP contribution in [0.2, 0.25) is 0 Å². The minimum atomic E-state index is -0.278. The topological polar surface area (TPSA) is 81.2 Å². The van der Waals surface area contributed by atoms with Crippen molar-refractivity contribution in [2.45, 2.75) is 6.42 Å². The number of fused-ring (bicyclic) bond motifs is 1. The zero-order valence-electron chi connectivity index (χ0n) is 13.6. The highest BCUT2D eigenvalue weighted by molar-refractivity contribution is 9.10. The predicted octanol–water partition coefficient (Wildman–Crippen LogP) is 4.22. The molecule has 7 heteroatoms. The van der Waals surface area contributed by atoms with Crippen LogP contribution < -0.4 is 5.32 Å². The fourth-order valence-corrected chi connectivity index (χ4v) is 2.94. The molecule has 1 amide bonds. The summed E-state index contributed by atoms with van der Waals surface area (Å²) in [5.74, 6) is 1.00. The van der Waals surface area contributed by atoms with E-state index in [-0.39, 0.29) is 11.7 Å². The Balaban J connectivity index is 1.37. The molecule has 0 saturated heterocycles. The zero-order valence-corrected chi connectivity index (χ0v) is 15.2. The number of halogens is 1. The molecule has 26 heavy (non-hydrogen) atoms. The molecular formula is C19H14BrN3O3. The first kappa shape index (κ1) is 16.5. The van der Waals surface area contributed by atoms with Gasteiger partial charge in [-0.15, -0.1) is 0 Å². The van der Waals surface area contributed by atoms with Crippen molar-refractivity contribution >= 4 is 32.8 Å². The maximum atomic E-state index is 12.2. The SMILES string of the molecule is O=C(NCCc1nc(-c2ccccc2)no1)c1cc2cc(Br)ccc2o1. The second-order valence-electron chi connectivity index (χ2n) is 5.68. The molecule has 6 nitrogen and oxygen atoms in total. The Morgan fingerprint density at radius 3 is 2.81 bits per heavy atom. The Hall–Kier alpha value is -2.93. The second-order valence-corrected chi connectivity index (χ2v) is 6.59. The van der Waals surface area contributed by atoms with Gasteiger partial charge in [0.2, 0.25) is 11.7 Å². The molecule has 0 saturated carbocycles. The van der Waals surface area contributed by atoms with E-state index in [0.29, 0.717) is 30.3 Å². The molecule has 0 bridgehead atoms. The van der Waals surface area contributed by atoms with Crippen LogP contribution in [0.25, 0.3) is 22.4 Å². The van der Waals surface area contributed by atoms with Gasteiger partial charge in [-0.25, -0.2) is 0 Å². The third-order valence-electron chi connectivity index (χ3n) is 3.83. The first-order valence-electron chi connectivity index (χ1n) is 8.04. The summed E-state index contributed by atoms with van der Waals surface area (Å²) in [4.78, 5) is 16.6. The van der Waals surface area contributed by atoms with Gasteiger partial charge in [0, 0.05) is 28.4 Å². The van der Waals surface area contributed by atoms with Gasteiger partial charge >= 0.3 is 0 Å². The summed E-state index contributed by atoms with van der Waals surface area (Å²) < 4.78 is 11.7. The van der Waals surface area contributed by atoms with E-state index in [1.807, 2.05) is 48.5 Å². The van der Waals surface area contributed by atoms with Crippen LogP contribution in [0.4, 0.5) is 0 Å². The zero-order chi connectivity index (χ0) is 17.9. The van der Waals surface area contributed by atoms with Crippen LogP contribution in [0.15, 0.2) is 68.0 Å². The predicted molar refractivity (Wildman–Crippen MR) is 99.7 cm³/mol. The molecule has 0 fully saturated rings. The van der Waals surface area contributed by atoms with Crippen molar-refractivity contribution < 1.29 is 13.7 Å². The van der Waals surface area contributed by atoms with Crippen LogP contribution in [0.3, 0.4) is 0 Å². The quantitative estimate of drug-likeness (QED) is 0.531. The summed E-state index contributed by atoms with van der Waals surface area (Å²) in [6, 6.07) is 16.9. The molecule has 0 aliphatic heterocycles. The number of nitrogens with one attached hydrogen (secondary N) is 1. The van der Waals surface area contributed by atoms with Crippen LogP contribution in [0.1, 0.15) is 16.4 Å². The number of rotatable bonds is 5. The van der Waals surface area contributed by atoms with E-state index in [0.717, 1.165) is 15.4 Å². The van der Waals surface area contributed by atoms with Gasteiger partial charge in [0.05, 0.1) is 0 Å². The Bertz CT molecular complexity index is 1060. The minimum Gasteiger partial charge on any atom is -0.451 e. The maximum absolute atomic E-state index is 12.2. The molecule has 0 aliphatic carbocycles. The molecule has 2 heterocycles. The van der Waals surface area contributed by atoms with Crippen LogP contribution in [-0.4, -0.2) is 22.6 Å². The number of hydrogen-bond acceptors (Lipinski definition) is 5. The molecule has 130 valence electrons. The molecule has 2 aromatic heterocycles. The number of carbonyl (C=O) groups is 1. The van der Waals surface area contributed by atoms with Crippen molar-refractivity contribution in [2.24, 2.45) is 0 Å². The van der Waals surface area contributed by atoms with E-state index >= 15 is 0 Å². The summed E-state index contributed by atoms with van der Waals surface area (Å²) in [7, 11) is 0. The molecule has 0 radical (unpaired) electrons. The van der Waals surface area contributed by atoms with Gasteiger partial charge in [0.15, 0.2) is 5.76 Å². The molecule has 0 spiro atoms. The second kappa shape index (κ2) is 7.13. The van der Waals surface area contributed by atoms with Crippen molar-refractivity contribution in [3.8, 4) is 11.4 Å². The van der Waals surface area contributed by atoms with E-state index in [1.54, 1.807) is 6.07 Å². The van der Waals surface area contributed by atoms with Gasteiger partial charge in [-0.05, 0) is 24.3 Å². The minimum absolute atomic E-state index is 0.272. The Morgan fingerprint density at radius 1 is 1.12 bits per heavy atom. The van der Waals surface area contributed by atoms with Crippen LogP contribution in [-0.2, 0) is 6.42 Å². The largest absolute Gasteiger partial charge is 0.451 e. The molecule has 0 unspecified atom stereocenters. The van der Waals surface area contributed by atoms with Gasteiger partial charge in [0.1, 0.15) is 5.58 Å². The fourth-order valence-electron chi connectivity index (χ4n) is 2.56. The van der Waals surface area contributed by atoms with Crippen molar-refractivity contribution in [1.29, 1.82) is 0 Å². The highest BCUT2D eigenvalue weighted by Gasteiger charge is 2.13. The lowest BCUT2D eigenvalue weighted by atomic mass is 10.2. The third kappa shape index (κ3) is 3.52. The highest BCUT2D eigenvalue weighted by atomic mass is 79.9. The lowest BCUT2D eigenvalue weighted by Gasteiger charge is -1.99. The number of nitrogens with zero attached hydrogens (tertiary/aromatic N) is 2. The van der Waals surface area contributed by atoms with Gasteiger partial charge in [-0.2, -0.15) is 4.98 Å². The van der Waals surface area contributed by atoms with Crippen molar-refractivity contribution in [3.63, 3.8) is 0 Å². The lowest BCUT2D eigenvalue weighted by Crippen LogP contribution is -2.25. The maximum Gasteiger partial charge on any atom is 0.287 e.